The van der Waals surface area contributed by atoms with Gasteiger partial charge in [-0.05, 0) is 30.3 Å². The van der Waals surface area contributed by atoms with E-state index < -0.39 is 16.7 Å². The zero-order valence-electron chi connectivity index (χ0n) is 20.7. The molecule has 3 aromatic carbocycles. The molecule has 3 aromatic rings. The summed E-state index contributed by atoms with van der Waals surface area (Å²) in [6.07, 6.45) is 0. The number of benzene rings is 3. The number of nitrogens with one attached hydrogen (secondary N) is 1. The minimum Gasteiger partial charge on any atom is -0.497 e. The number of nitro benzene ring substituents is 1. The van der Waals surface area contributed by atoms with Crippen LogP contribution in [-0.2, 0) is 13.1 Å². The minimum absolute atomic E-state index is 0.0308. The van der Waals surface area contributed by atoms with Gasteiger partial charge < -0.3 is 24.3 Å². The smallest absolute Gasteiger partial charge is 0.293 e. The molecule has 4 rings (SSSR count). The van der Waals surface area contributed by atoms with Crippen LogP contribution in [0.4, 0.5) is 11.4 Å². The van der Waals surface area contributed by atoms with Crippen LogP contribution in [0.3, 0.4) is 0 Å². The number of nitro groups is 1. The molecule has 1 aliphatic rings. The summed E-state index contributed by atoms with van der Waals surface area (Å²) in [4.78, 5) is 38.6. The summed E-state index contributed by atoms with van der Waals surface area (Å²) in [5, 5.41) is 14.8. The Morgan fingerprint density at radius 2 is 1.32 bits per heavy atom. The van der Waals surface area contributed by atoms with Crippen molar-refractivity contribution >= 4 is 23.2 Å². The predicted molar refractivity (Wildman–Crippen MR) is 134 cm³/mol. The highest BCUT2D eigenvalue weighted by Gasteiger charge is 2.38. The quantitative estimate of drug-likeness (QED) is 0.245. The lowest BCUT2D eigenvalue weighted by Gasteiger charge is -2.16. The molecule has 0 atom stereocenters. The van der Waals surface area contributed by atoms with Gasteiger partial charge >= 0.3 is 0 Å². The van der Waals surface area contributed by atoms with Crippen molar-refractivity contribution in [1.82, 2.24) is 4.90 Å². The molecule has 1 heterocycles. The first-order valence-electron chi connectivity index (χ1n) is 11.2. The van der Waals surface area contributed by atoms with Gasteiger partial charge in [0.1, 0.15) is 28.7 Å². The van der Waals surface area contributed by atoms with Gasteiger partial charge in [-0.2, -0.15) is 0 Å². The van der Waals surface area contributed by atoms with Gasteiger partial charge in [0.15, 0.2) is 0 Å². The normalized spacial score (nSPS) is 12.3. The van der Waals surface area contributed by atoms with Crippen molar-refractivity contribution in [2.75, 3.05) is 33.8 Å². The summed E-state index contributed by atoms with van der Waals surface area (Å²) in [5.74, 6) is 0.950. The SMILES string of the molecule is COc1ccc(CNc2cc3c(cc2[N+](=O)[O-])C(=O)N(Cc2ccc(OC)cc2OC)C3=O)c(OC)c1. The molecule has 2 amide bonds. The highest BCUT2D eigenvalue weighted by atomic mass is 16.6. The van der Waals surface area contributed by atoms with E-state index in [2.05, 4.69) is 5.32 Å². The lowest BCUT2D eigenvalue weighted by molar-refractivity contribution is -0.384. The zero-order valence-corrected chi connectivity index (χ0v) is 20.7. The van der Waals surface area contributed by atoms with Crippen LogP contribution in [0.5, 0.6) is 23.0 Å². The number of hydrogen-bond donors (Lipinski definition) is 1. The second kappa shape index (κ2) is 10.4. The zero-order chi connectivity index (χ0) is 26.7. The highest BCUT2D eigenvalue weighted by molar-refractivity contribution is 6.22. The molecule has 0 saturated heterocycles. The number of amides is 2. The summed E-state index contributed by atoms with van der Waals surface area (Å²) < 4.78 is 21.2. The Kier molecular flexibility index (Phi) is 7.14. The first-order chi connectivity index (χ1) is 17.8. The second-order valence-electron chi connectivity index (χ2n) is 8.08. The molecule has 0 aromatic heterocycles. The number of ether oxygens (including phenoxy) is 4. The molecule has 0 bridgehead atoms. The number of hydrogen-bond acceptors (Lipinski definition) is 9. The molecule has 37 heavy (non-hydrogen) atoms. The number of carbonyl (C=O) groups excluding carboxylic acids is 2. The van der Waals surface area contributed by atoms with Crippen LogP contribution in [-0.4, -0.2) is 50.1 Å². The molecule has 0 saturated carbocycles. The van der Waals surface area contributed by atoms with Gasteiger partial charge in [-0.1, -0.05) is 0 Å². The highest BCUT2D eigenvalue weighted by Crippen LogP contribution is 2.36. The van der Waals surface area contributed by atoms with Crippen LogP contribution in [0.1, 0.15) is 31.8 Å². The lowest BCUT2D eigenvalue weighted by Crippen LogP contribution is -2.29. The number of imide groups is 1. The summed E-state index contributed by atoms with van der Waals surface area (Å²) in [5.41, 5.74) is 1.12. The first-order valence-corrected chi connectivity index (χ1v) is 11.2. The van der Waals surface area contributed by atoms with E-state index in [9.17, 15) is 19.7 Å². The molecular formula is C26H25N3O8. The molecule has 0 radical (unpaired) electrons. The van der Waals surface area contributed by atoms with Crippen molar-refractivity contribution in [2.24, 2.45) is 0 Å². The van der Waals surface area contributed by atoms with E-state index in [0.717, 1.165) is 11.0 Å². The number of fused-ring (bicyclic) bond motifs is 1. The van der Waals surface area contributed by atoms with E-state index in [1.165, 1.54) is 34.5 Å². The van der Waals surface area contributed by atoms with Gasteiger partial charge in [0.2, 0.25) is 0 Å². The van der Waals surface area contributed by atoms with Gasteiger partial charge in [0.25, 0.3) is 17.5 Å². The van der Waals surface area contributed by atoms with Crippen molar-refractivity contribution in [3.63, 3.8) is 0 Å². The maximum Gasteiger partial charge on any atom is 0.293 e. The van der Waals surface area contributed by atoms with E-state index >= 15 is 0 Å². The number of anilines is 1. The topological polar surface area (TPSA) is 129 Å². The molecule has 0 unspecified atom stereocenters. The molecule has 192 valence electrons. The Morgan fingerprint density at radius 3 is 1.86 bits per heavy atom. The molecule has 0 aliphatic carbocycles. The van der Waals surface area contributed by atoms with Crippen LogP contribution in [0.15, 0.2) is 48.5 Å². The van der Waals surface area contributed by atoms with E-state index in [4.69, 9.17) is 18.9 Å². The monoisotopic (exact) mass is 507 g/mol. The number of carbonyl (C=O) groups is 2. The van der Waals surface area contributed by atoms with E-state index in [0.29, 0.717) is 34.1 Å². The molecule has 0 spiro atoms. The Bertz CT molecular complexity index is 1390. The predicted octanol–water partition coefficient (Wildman–Crippen LogP) is 4.04. The molecule has 11 heteroatoms. The fraction of sp³-hybridized carbons (Fsp3) is 0.231. The van der Waals surface area contributed by atoms with Crippen LogP contribution >= 0.6 is 0 Å². The third-order valence-electron chi connectivity index (χ3n) is 6.07. The average Bonchev–Trinajstić information content (AvgIpc) is 3.15. The Labute approximate surface area is 212 Å². The second-order valence-corrected chi connectivity index (χ2v) is 8.08. The number of nitrogens with zero attached hydrogens (tertiary/aromatic N) is 2. The molecule has 0 fully saturated rings. The standard InChI is InChI=1S/C26H25N3O8/c1-34-17-7-5-15(23(9-17)36-3)13-27-21-11-19-20(12-22(21)29(32)33)26(31)28(25(19)30)14-16-6-8-18(35-2)10-24(16)37-4/h5-12,27H,13-14H2,1-4H3. The van der Waals surface area contributed by atoms with Crippen molar-refractivity contribution in [2.45, 2.75) is 13.1 Å². The maximum absolute atomic E-state index is 13.2. The van der Waals surface area contributed by atoms with Crippen molar-refractivity contribution < 1.29 is 33.5 Å². The Balaban J connectivity index is 1.63. The average molecular weight is 507 g/mol. The van der Waals surface area contributed by atoms with Crippen LogP contribution in [0.25, 0.3) is 0 Å². The summed E-state index contributed by atoms with van der Waals surface area (Å²) >= 11 is 0. The Hall–Kier alpha value is -4.80. The van der Waals surface area contributed by atoms with Crippen molar-refractivity contribution in [1.29, 1.82) is 0 Å². The lowest BCUT2D eigenvalue weighted by atomic mass is 10.1. The third-order valence-corrected chi connectivity index (χ3v) is 6.07. The minimum atomic E-state index is -0.621. The molecule has 1 N–H and O–H groups in total. The van der Waals surface area contributed by atoms with E-state index in [1.54, 1.807) is 36.4 Å². The van der Waals surface area contributed by atoms with Crippen molar-refractivity contribution in [3.05, 3.63) is 80.9 Å². The summed E-state index contributed by atoms with van der Waals surface area (Å²) in [6.45, 7) is 0.0980. The van der Waals surface area contributed by atoms with Crippen molar-refractivity contribution in [3.8, 4) is 23.0 Å². The maximum atomic E-state index is 13.2. The first kappa shape index (κ1) is 25.3. The summed E-state index contributed by atoms with van der Waals surface area (Å²) in [7, 11) is 6.03. The van der Waals surface area contributed by atoms with Gasteiger partial charge in [0, 0.05) is 35.9 Å². The number of rotatable bonds is 10. The van der Waals surface area contributed by atoms with Crippen LogP contribution in [0.2, 0.25) is 0 Å². The van der Waals surface area contributed by atoms with Gasteiger partial charge in [0.05, 0.1) is 51.0 Å². The van der Waals surface area contributed by atoms with Gasteiger partial charge in [-0.3, -0.25) is 24.6 Å². The molecule has 11 nitrogen and oxygen atoms in total. The fourth-order valence-corrected chi connectivity index (χ4v) is 4.10. The van der Waals surface area contributed by atoms with Crippen LogP contribution < -0.4 is 24.3 Å². The third kappa shape index (κ3) is 4.83. The van der Waals surface area contributed by atoms with E-state index in [-0.39, 0.29) is 35.6 Å². The largest absolute Gasteiger partial charge is 0.497 e. The van der Waals surface area contributed by atoms with Gasteiger partial charge in [-0.25, -0.2) is 0 Å². The number of methoxy groups -OCH3 is 4. The van der Waals surface area contributed by atoms with Crippen LogP contribution in [0, 0.1) is 10.1 Å². The molecule has 1 aliphatic heterocycles. The molecular weight excluding hydrogens is 482 g/mol. The van der Waals surface area contributed by atoms with E-state index in [1.807, 2.05) is 0 Å². The summed E-state index contributed by atoms with van der Waals surface area (Å²) in [6, 6.07) is 12.7. The Morgan fingerprint density at radius 1 is 0.784 bits per heavy atom. The van der Waals surface area contributed by atoms with Gasteiger partial charge in [-0.15, -0.1) is 0 Å². The fourth-order valence-electron chi connectivity index (χ4n) is 4.10.